The molecule has 4 aromatic heterocycles. The van der Waals surface area contributed by atoms with Crippen molar-refractivity contribution in [1.29, 1.82) is 0 Å². The average molecular weight is 1590 g/mol. The number of aliphatic hydroxyl groups excluding tert-OH is 12. The number of carbonyl (C=O) groups is 3. The molecule has 15 rings (SSSR count). The van der Waals surface area contributed by atoms with E-state index in [0.717, 1.165) is 28.2 Å². The second-order valence-corrected chi connectivity index (χ2v) is 29.2. The van der Waals surface area contributed by atoms with Gasteiger partial charge in [-0.25, -0.2) is 31.9 Å². The number of nitrogens with one attached hydrogen (secondary N) is 1. The van der Waals surface area contributed by atoms with E-state index in [2.05, 4.69) is 46.6 Å². The van der Waals surface area contributed by atoms with E-state index in [4.69, 9.17) is 28.4 Å². The second-order valence-electron chi connectivity index (χ2n) is 26.8. The van der Waals surface area contributed by atoms with Gasteiger partial charge in [0.1, 0.15) is 182 Å². The summed E-state index contributed by atoms with van der Waals surface area (Å²) in [4.78, 5) is 37.5. The summed E-state index contributed by atoms with van der Waals surface area (Å²) in [6.45, 7) is -2.64. The number of hydrogen-bond donors (Lipinski definition) is 14. The zero-order chi connectivity index (χ0) is 78.9. The van der Waals surface area contributed by atoms with Gasteiger partial charge in [-0.15, -0.1) is 20.4 Å². The van der Waals surface area contributed by atoms with Gasteiger partial charge in [-0.3, -0.25) is 14.4 Å². The molecule has 0 spiro atoms. The van der Waals surface area contributed by atoms with Crippen LogP contribution in [-0.4, -0.2) is 266 Å². The van der Waals surface area contributed by atoms with E-state index in [-0.39, 0.29) is 58.6 Å². The first-order chi connectivity index (χ1) is 54.0. The molecule has 1 aliphatic carbocycles. The number of amides is 1. The summed E-state index contributed by atoms with van der Waals surface area (Å²) in [7, 11) is 0. The van der Waals surface area contributed by atoms with Crippen molar-refractivity contribution in [1.82, 2.24) is 65.3 Å². The lowest BCUT2D eigenvalue weighted by molar-refractivity contribution is -0.189. The number of phenols is 1. The summed E-state index contributed by atoms with van der Waals surface area (Å²) in [5.41, 5.74) is -1.71. The first kappa shape index (κ1) is 78.9. The highest BCUT2D eigenvalue weighted by Crippen LogP contribution is 2.51. The lowest BCUT2D eigenvalue weighted by Gasteiger charge is -2.46. The molecule has 6 aliphatic rings. The van der Waals surface area contributed by atoms with Crippen LogP contribution in [0.3, 0.4) is 0 Å². The van der Waals surface area contributed by atoms with Gasteiger partial charge in [-0.1, -0.05) is 99.0 Å². The normalized spacial score (nSPS) is 30.2. The molecule has 590 valence electrons. The summed E-state index contributed by atoms with van der Waals surface area (Å²) >= 11 is 1.55. The zero-order valence-electron chi connectivity index (χ0n) is 58.1. The molecule has 0 radical (unpaired) electrons. The molecule has 4 saturated heterocycles. The highest BCUT2D eigenvalue weighted by Gasteiger charge is 2.54. The minimum absolute atomic E-state index is 0.0515. The number of rotatable bonds is 21. The number of aromatic nitrogens is 12. The largest absolute Gasteiger partial charge is 0.508 e. The minimum atomic E-state index is -1.61. The van der Waals surface area contributed by atoms with Gasteiger partial charge in [0.2, 0.25) is 0 Å². The van der Waals surface area contributed by atoms with E-state index in [9.17, 15) is 93.9 Å². The van der Waals surface area contributed by atoms with Gasteiger partial charge in [-0.05, 0) is 60.7 Å². The maximum absolute atomic E-state index is 13.9. The van der Waals surface area contributed by atoms with Crippen molar-refractivity contribution in [2.24, 2.45) is 5.92 Å². The maximum atomic E-state index is 13.9. The van der Waals surface area contributed by atoms with Gasteiger partial charge in [-0.2, -0.15) is 0 Å². The number of halogens is 3. The van der Waals surface area contributed by atoms with Crippen LogP contribution in [-0.2, 0) is 35.1 Å². The third kappa shape index (κ3) is 16.1. The van der Waals surface area contributed by atoms with E-state index in [1.807, 2.05) is 0 Å². The Morgan fingerprint density at radius 3 is 1.34 bits per heavy atom. The zero-order valence-corrected chi connectivity index (χ0v) is 59.7. The number of fused-ring (bicyclic) bond motifs is 2. The van der Waals surface area contributed by atoms with Gasteiger partial charge in [0, 0.05) is 57.4 Å². The number of aromatic hydroxyl groups is 1. The Kier molecular flexibility index (Phi) is 23.9. The number of nitrogens with zero attached hydrogens (tertiary/aromatic N) is 12. The quantitative estimate of drug-likeness (QED) is 0.0430. The molecule has 9 aromatic rings. The van der Waals surface area contributed by atoms with Crippen LogP contribution in [0, 0.1) is 23.4 Å². The highest BCUT2D eigenvalue weighted by molar-refractivity contribution is 8.00. The van der Waals surface area contributed by atoms with Gasteiger partial charge in [0.15, 0.2) is 5.78 Å². The van der Waals surface area contributed by atoms with Crippen molar-refractivity contribution in [2.45, 2.75) is 132 Å². The van der Waals surface area contributed by atoms with E-state index >= 15 is 0 Å². The van der Waals surface area contributed by atoms with Gasteiger partial charge in [0.05, 0.1) is 57.8 Å². The SMILES string of the molecule is O=COc1cc(C(=O)NCc2cn(C3C(O)[C@@H](CO)OC(S[C@@H]4OC(CO)[C@H](O)[C@H](n5cc(-c6cccc(F)c6)nn5)C4O)[C@@H]3O)nn2)ccc1C1c2ccc(O)cc2OC2=CC(=O)C=CC21.OCC1O[C@@H](S[C@@H]2O[C@H](CO)C(O)C(n3cc(-c4cccc(F)c4)nn3)[C@H]2O)C(O)[C@@H](n2cc(-c3cccc(F)c3)nn2)[C@H]1O. The van der Waals surface area contributed by atoms with Gasteiger partial charge in [0.25, 0.3) is 12.4 Å². The lowest BCUT2D eigenvalue weighted by atomic mass is 9.75. The monoisotopic (exact) mass is 1590 g/mol. The van der Waals surface area contributed by atoms with Crippen LogP contribution in [0.15, 0.2) is 158 Å². The third-order valence-corrected chi connectivity index (χ3v) is 22.5. The predicted octanol–water partition coefficient (Wildman–Crippen LogP) is 0.279. The Morgan fingerprint density at radius 1 is 0.518 bits per heavy atom. The molecule has 14 N–H and O–H groups in total. The first-order valence-electron chi connectivity index (χ1n) is 34.8. The van der Waals surface area contributed by atoms with Gasteiger partial charge < -0.3 is 100 Å². The second kappa shape index (κ2) is 33.9. The third-order valence-electron chi connectivity index (χ3n) is 19.8. The van der Waals surface area contributed by atoms with Crippen LogP contribution in [0.25, 0.3) is 33.8 Å². The average Bonchev–Trinajstić information content (AvgIpc) is 0.958. The van der Waals surface area contributed by atoms with Crippen molar-refractivity contribution in [3.05, 3.63) is 198 Å². The minimum Gasteiger partial charge on any atom is -0.508 e. The first-order valence-corrected chi connectivity index (χ1v) is 36.6. The Morgan fingerprint density at radius 2 is 0.929 bits per heavy atom. The number of benzene rings is 5. The maximum Gasteiger partial charge on any atom is 0.298 e. The molecular weight excluding hydrogens is 1520 g/mol. The number of allylic oxidation sites excluding steroid dienone is 3. The van der Waals surface area contributed by atoms with E-state index in [1.54, 1.807) is 36.4 Å². The smallest absolute Gasteiger partial charge is 0.298 e. The summed E-state index contributed by atoms with van der Waals surface area (Å²) in [6.07, 6.45) is -7.07. The van der Waals surface area contributed by atoms with E-state index in [1.165, 1.54) is 130 Å². The molecule has 0 bridgehead atoms. The van der Waals surface area contributed by atoms with Crippen LogP contribution < -0.4 is 14.8 Å². The lowest BCUT2D eigenvalue weighted by Crippen LogP contribution is -2.58. The van der Waals surface area contributed by atoms with Crippen LogP contribution in [0.2, 0.25) is 0 Å². The van der Waals surface area contributed by atoms with Gasteiger partial charge >= 0.3 is 0 Å². The van der Waals surface area contributed by atoms with E-state index in [0.29, 0.717) is 39.3 Å². The van der Waals surface area contributed by atoms with Crippen LogP contribution >= 0.6 is 23.5 Å². The fourth-order valence-electron chi connectivity index (χ4n) is 14.2. The van der Waals surface area contributed by atoms with Crippen LogP contribution in [0.1, 0.15) is 57.3 Å². The van der Waals surface area contributed by atoms with E-state index < -0.39 is 181 Å². The summed E-state index contributed by atoms with van der Waals surface area (Å²) in [5.74, 6) is -2.80. The molecular formula is C72H72F3N13O22S2. The Bertz CT molecular complexity index is 4810. The number of carbonyl (C=O) groups excluding carboxylic acids is 3. The van der Waals surface area contributed by atoms with Crippen molar-refractivity contribution >= 4 is 41.7 Å². The Balaban J connectivity index is 0.000000201. The fourth-order valence-corrected chi connectivity index (χ4v) is 16.9. The molecule has 35 nitrogen and oxygen atoms in total. The topological polar surface area (TPSA) is 504 Å². The number of ether oxygens (including phenoxy) is 6. The number of ketones is 1. The van der Waals surface area contributed by atoms with Crippen molar-refractivity contribution < 1.29 is 122 Å². The number of phenolic OH excluding ortho intramolecular Hbond substituents is 1. The van der Waals surface area contributed by atoms with Crippen LogP contribution in [0.5, 0.6) is 17.2 Å². The van der Waals surface area contributed by atoms with Crippen molar-refractivity contribution in [3.8, 4) is 51.0 Å². The molecule has 1 amide bonds. The highest BCUT2D eigenvalue weighted by atomic mass is 32.2. The van der Waals surface area contributed by atoms with Crippen molar-refractivity contribution in [3.63, 3.8) is 0 Å². The molecule has 5 aliphatic heterocycles. The number of hydrogen-bond acceptors (Lipinski definition) is 32. The Hall–Kier alpha value is -9.80. The molecule has 112 heavy (non-hydrogen) atoms. The molecule has 0 saturated carbocycles. The van der Waals surface area contributed by atoms with Crippen LogP contribution in [0.4, 0.5) is 13.2 Å². The molecule has 4 fully saturated rings. The summed E-state index contributed by atoms with van der Waals surface area (Å²) in [6, 6.07) is 21.0. The fraction of sp³-hybridized carbons (Fsp3) is 0.375. The Labute approximate surface area is 639 Å². The summed E-state index contributed by atoms with van der Waals surface area (Å²) in [5, 5.41) is 176. The molecule has 9 heterocycles. The predicted molar refractivity (Wildman–Crippen MR) is 379 cm³/mol. The molecule has 40 heteroatoms. The summed E-state index contributed by atoms with van der Waals surface area (Å²) < 4.78 is 80.9. The molecule has 22 atom stereocenters. The molecule has 5 aromatic carbocycles. The standard InChI is InChI=1S/C44H42FN7O14S.C28H30F2N6O8S/c45-22-3-1-2-20(10-22)29-16-52(50-48-29)37-39(59)34(18-54)66-44(41(37)61)67-43-40(60)36(38(58)33(17-53)65-43)51-15-23(47-49-51)14-46-42(62)21-4-7-26(30(11-21)63-19-55)35-27-8-5-24(56)12-31(27)64-32-13-25(57)6-9-28(32)35;29-15-5-1-3-13(7-15)17-9-35(33-31-17)21-23(39)19(11-37)43-27(25(21)41)45-28-26(42)22(24(40)20(12-38)44-28)36-10-18(32-34-36)14-4-2-6-16(30)8-14/h1-13,15-16,19,27,33-41,43-44,53-54,57-61H,14,17-18H2,(H,46,62);1-10,19-28,37-42H,11-12H2/t27?,33-,34?,35?,36?,37+,38?,39+,40-,41?,43?,44+;19-,20?,21?,22+,23?,24+,25-,26?,27+,28+/m11/s1. The van der Waals surface area contributed by atoms with Crippen molar-refractivity contribution in [2.75, 3.05) is 26.4 Å². The molecule has 11 unspecified atom stereocenters. The number of thioether (sulfide) groups is 2. The number of aliphatic hydroxyl groups is 12.